The first-order valence-electron chi connectivity index (χ1n) is 6.10. The third kappa shape index (κ3) is 3.78. The Hall–Kier alpha value is -1.45. The molecule has 0 saturated heterocycles. The second kappa shape index (κ2) is 6.33. The molecular weight excluding hydrogens is 286 g/mol. The molecular formula is C11H19N3O5S. The normalized spacial score (nSPS) is 13.7. The number of carboxylic acids is 1. The summed E-state index contributed by atoms with van der Waals surface area (Å²) in [5, 5.41) is 24.0. The van der Waals surface area contributed by atoms with Crippen molar-refractivity contribution < 1.29 is 23.4 Å². The highest BCUT2D eigenvalue weighted by Crippen LogP contribution is 2.18. The van der Waals surface area contributed by atoms with Crippen molar-refractivity contribution in [2.75, 3.05) is 6.61 Å². The Morgan fingerprint density at radius 3 is 2.50 bits per heavy atom. The van der Waals surface area contributed by atoms with E-state index >= 15 is 0 Å². The van der Waals surface area contributed by atoms with Crippen molar-refractivity contribution in [3.05, 3.63) is 11.4 Å². The van der Waals surface area contributed by atoms with Gasteiger partial charge in [0.15, 0.2) is 5.69 Å². The van der Waals surface area contributed by atoms with Crippen LogP contribution in [0.3, 0.4) is 0 Å². The quantitative estimate of drug-likeness (QED) is 0.565. The minimum Gasteiger partial charge on any atom is -0.476 e. The van der Waals surface area contributed by atoms with E-state index < -0.39 is 32.6 Å². The van der Waals surface area contributed by atoms with Crippen molar-refractivity contribution in [2.45, 2.75) is 38.1 Å². The summed E-state index contributed by atoms with van der Waals surface area (Å²) in [4.78, 5) is 10.6. The summed E-state index contributed by atoms with van der Waals surface area (Å²) in [5.74, 6) is -1.25. The molecule has 1 rings (SSSR count). The first kappa shape index (κ1) is 16.6. The van der Waals surface area contributed by atoms with E-state index in [4.69, 9.17) is 5.11 Å². The molecule has 4 N–H and O–H groups in total. The smallest absolute Gasteiger partial charge is 0.357 e. The number of hydrogen-bond acceptors (Lipinski definition) is 5. The fourth-order valence-corrected chi connectivity index (χ4v) is 3.46. The number of H-pyrrole nitrogens is 1. The fourth-order valence-electron chi connectivity index (χ4n) is 1.90. The topological polar surface area (TPSA) is 132 Å². The highest BCUT2D eigenvalue weighted by molar-refractivity contribution is 7.89. The van der Waals surface area contributed by atoms with Gasteiger partial charge in [0.1, 0.15) is 4.90 Å². The molecule has 1 heterocycles. The Bertz CT molecular complexity index is 579. The fraction of sp³-hybridized carbons (Fsp3) is 0.636. The largest absolute Gasteiger partial charge is 0.476 e. The number of carboxylic acid groups (broad SMARTS) is 1. The molecule has 0 amide bonds. The van der Waals surface area contributed by atoms with Gasteiger partial charge in [-0.05, 0) is 19.3 Å². The molecule has 0 bridgehead atoms. The Kier molecular flexibility index (Phi) is 5.26. The molecule has 0 aliphatic rings. The molecule has 20 heavy (non-hydrogen) atoms. The molecule has 0 radical (unpaired) electrons. The molecule has 0 fully saturated rings. The monoisotopic (exact) mass is 305 g/mol. The minimum atomic E-state index is -4.06. The second-order valence-electron chi connectivity index (χ2n) is 4.96. The Morgan fingerprint density at radius 2 is 2.05 bits per heavy atom. The van der Waals surface area contributed by atoms with Gasteiger partial charge in [-0.1, -0.05) is 13.8 Å². The lowest BCUT2D eigenvalue weighted by molar-refractivity contribution is 0.0686. The van der Waals surface area contributed by atoms with Gasteiger partial charge in [-0.25, -0.2) is 17.9 Å². The van der Waals surface area contributed by atoms with Gasteiger partial charge >= 0.3 is 5.97 Å². The van der Waals surface area contributed by atoms with Gasteiger partial charge in [-0.3, -0.25) is 5.10 Å². The number of aliphatic hydroxyl groups excluding tert-OH is 1. The summed E-state index contributed by atoms with van der Waals surface area (Å²) < 4.78 is 26.8. The third-order valence-electron chi connectivity index (χ3n) is 2.66. The van der Waals surface area contributed by atoms with E-state index in [-0.39, 0.29) is 18.2 Å². The average molecular weight is 305 g/mol. The Balaban J connectivity index is 3.11. The number of aromatic carboxylic acids is 1. The van der Waals surface area contributed by atoms with Crippen molar-refractivity contribution in [3.63, 3.8) is 0 Å². The van der Waals surface area contributed by atoms with Crippen LogP contribution in [0.15, 0.2) is 4.90 Å². The van der Waals surface area contributed by atoms with E-state index in [0.29, 0.717) is 6.42 Å². The van der Waals surface area contributed by atoms with Crippen LogP contribution >= 0.6 is 0 Å². The lowest BCUT2D eigenvalue weighted by Crippen LogP contribution is -2.39. The van der Waals surface area contributed by atoms with Gasteiger partial charge in [0.25, 0.3) is 0 Å². The maximum absolute atomic E-state index is 12.2. The SMILES string of the molecule is Cc1[nH]nc(C(=O)O)c1S(=O)(=O)NC(CO)CC(C)C. The molecule has 0 saturated carbocycles. The second-order valence-corrected chi connectivity index (χ2v) is 6.61. The molecule has 8 nitrogen and oxygen atoms in total. The molecule has 0 aliphatic heterocycles. The van der Waals surface area contributed by atoms with Crippen molar-refractivity contribution in [1.82, 2.24) is 14.9 Å². The van der Waals surface area contributed by atoms with Gasteiger partial charge in [0.05, 0.1) is 12.3 Å². The van der Waals surface area contributed by atoms with Gasteiger partial charge in [-0.15, -0.1) is 0 Å². The van der Waals surface area contributed by atoms with Crippen LogP contribution in [0.2, 0.25) is 0 Å². The van der Waals surface area contributed by atoms with E-state index in [1.54, 1.807) is 0 Å². The zero-order chi connectivity index (χ0) is 15.5. The Morgan fingerprint density at radius 1 is 1.45 bits per heavy atom. The van der Waals surface area contributed by atoms with Crippen LogP contribution in [0, 0.1) is 12.8 Å². The van der Waals surface area contributed by atoms with E-state index in [1.165, 1.54) is 6.92 Å². The van der Waals surface area contributed by atoms with Crippen LogP contribution in [0.5, 0.6) is 0 Å². The highest BCUT2D eigenvalue weighted by Gasteiger charge is 2.30. The maximum atomic E-state index is 12.2. The summed E-state index contributed by atoms with van der Waals surface area (Å²) in [7, 11) is -4.06. The molecule has 1 unspecified atom stereocenters. The summed E-state index contributed by atoms with van der Waals surface area (Å²) in [6.07, 6.45) is 0.440. The van der Waals surface area contributed by atoms with Crippen molar-refractivity contribution in [2.24, 2.45) is 5.92 Å². The molecule has 1 aromatic heterocycles. The van der Waals surface area contributed by atoms with E-state index in [0.717, 1.165) is 0 Å². The number of aliphatic hydroxyl groups is 1. The van der Waals surface area contributed by atoms with E-state index in [2.05, 4.69) is 14.9 Å². The predicted octanol–water partition coefficient (Wildman–Crippen LogP) is 0.102. The van der Waals surface area contributed by atoms with Gasteiger partial charge in [0, 0.05) is 6.04 Å². The highest BCUT2D eigenvalue weighted by atomic mass is 32.2. The van der Waals surface area contributed by atoms with Crippen LogP contribution in [-0.4, -0.2) is 47.4 Å². The molecule has 1 aromatic rings. The van der Waals surface area contributed by atoms with Crippen LogP contribution in [0.25, 0.3) is 0 Å². The molecule has 0 spiro atoms. The molecule has 9 heteroatoms. The number of nitrogens with one attached hydrogen (secondary N) is 2. The summed E-state index contributed by atoms with van der Waals surface area (Å²) >= 11 is 0. The van der Waals surface area contributed by atoms with Gasteiger partial charge in [0.2, 0.25) is 10.0 Å². The number of aromatic amines is 1. The van der Waals surface area contributed by atoms with E-state index in [9.17, 15) is 18.3 Å². The van der Waals surface area contributed by atoms with Crippen LogP contribution < -0.4 is 4.72 Å². The molecule has 1 atom stereocenters. The lowest BCUT2D eigenvalue weighted by atomic mass is 10.1. The number of aryl methyl sites for hydroxylation is 1. The molecule has 0 aromatic carbocycles. The first-order chi connectivity index (χ1) is 9.19. The van der Waals surface area contributed by atoms with Gasteiger partial charge in [-0.2, -0.15) is 5.10 Å². The van der Waals surface area contributed by atoms with Crippen molar-refractivity contribution in [3.8, 4) is 0 Å². The lowest BCUT2D eigenvalue weighted by Gasteiger charge is -2.18. The predicted molar refractivity (Wildman–Crippen MR) is 70.9 cm³/mol. The standard InChI is InChI=1S/C11H19N3O5S/c1-6(2)4-8(5-15)14-20(18,19)10-7(3)12-13-9(10)11(16)17/h6,8,14-15H,4-5H2,1-3H3,(H,12,13)(H,16,17). The van der Waals surface area contributed by atoms with Crippen LogP contribution in [0.1, 0.15) is 36.5 Å². The van der Waals surface area contributed by atoms with Gasteiger partial charge < -0.3 is 10.2 Å². The maximum Gasteiger partial charge on any atom is 0.357 e. The van der Waals surface area contributed by atoms with Crippen molar-refractivity contribution >= 4 is 16.0 Å². The zero-order valence-corrected chi connectivity index (χ0v) is 12.4. The number of rotatable bonds is 7. The molecule has 0 aliphatic carbocycles. The number of carbonyl (C=O) groups is 1. The summed E-state index contributed by atoms with van der Waals surface area (Å²) in [6.45, 7) is 4.84. The van der Waals surface area contributed by atoms with Crippen molar-refractivity contribution in [1.29, 1.82) is 0 Å². The first-order valence-corrected chi connectivity index (χ1v) is 7.58. The average Bonchev–Trinajstić information content (AvgIpc) is 2.70. The summed E-state index contributed by atoms with van der Waals surface area (Å²) in [5.41, 5.74) is -0.424. The number of hydrogen-bond donors (Lipinski definition) is 4. The summed E-state index contributed by atoms with van der Waals surface area (Å²) in [6, 6.07) is -0.670. The number of nitrogens with zero attached hydrogens (tertiary/aromatic N) is 1. The zero-order valence-electron chi connectivity index (χ0n) is 11.5. The number of sulfonamides is 1. The van der Waals surface area contributed by atoms with E-state index in [1.807, 2.05) is 13.8 Å². The minimum absolute atomic E-state index is 0.135. The number of aromatic nitrogens is 2. The molecule has 114 valence electrons. The van der Waals surface area contributed by atoms with Crippen LogP contribution in [0.4, 0.5) is 0 Å². The third-order valence-corrected chi connectivity index (χ3v) is 4.34. The van der Waals surface area contributed by atoms with Crippen LogP contribution in [-0.2, 0) is 10.0 Å². The Labute approximate surface area is 117 Å².